The van der Waals surface area contributed by atoms with Crippen LogP contribution in [0.5, 0.6) is 0 Å². The molecule has 0 spiro atoms. The minimum absolute atomic E-state index is 0.0663. The van der Waals surface area contributed by atoms with Crippen LogP contribution in [0.3, 0.4) is 0 Å². The first-order valence-corrected chi connectivity index (χ1v) is 8.64. The molecule has 0 radical (unpaired) electrons. The lowest BCUT2D eigenvalue weighted by Gasteiger charge is -2.39. The molecule has 2 aromatic carbocycles. The molecule has 1 N–H and O–H groups in total. The van der Waals surface area contributed by atoms with E-state index in [0.717, 1.165) is 29.3 Å². The van der Waals surface area contributed by atoms with Crippen molar-refractivity contribution in [3.63, 3.8) is 0 Å². The van der Waals surface area contributed by atoms with E-state index in [4.69, 9.17) is 11.6 Å². The van der Waals surface area contributed by atoms with Crippen molar-refractivity contribution < 1.29 is 13.2 Å². The van der Waals surface area contributed by atoms with Crippen molar-refractivity contribution in [2.24, 2.45) is 5.92 Å². The van der Waals surface area contributed by atoms with Crippen molar-refractivity contribution >= 4 is 17.3 Å². The van der Waals surface area contributed by atoms with E-state index in [1.54, 1.807) is 12.1 Å². The van der Waals surface area contributed by atoms with Gasteiger partial charge in [0.15, 0.2) is 0 Å². The number of hydrogen-bond donors (Lipinski definition) is 1. The summed E-state index contributed by atoms with van der Waals surface area (Å²) in [6.07, 6.45) is 0.569. The number of allylic oxidation sites excluding steroid dienone is 2. The van der Waals surface area contributed by atoms with Crippen LogP contribution >= 0.6 is 11.6 Å². The molecule has 4 rings (SSSR count). The van der Waals surface area contributed by atoms with E-state index in [-0.39, 0.29) is 11.8 Å². The summed E-state index contributed by atoms with van der Waals surface area (Å²) in [6, 6.07) is 9.30. The standard InChI is InChI=1S/C20H17ClF3N/c1-11-17(21)10-9-14-12-6-4-7-13(12)19(25-18(11)14)15-5-2-3-8-16(15)20(22,23)24/h2-6,8-10,12-13,19,25H,7H2,1H3/t12-,13+,19+/m1/s1. The Kier molecular flexibility index (Phi) is 3.84. The third kappa shape index (κ3) is 2.63. The fourth-order valence-corrected chi connectivity index (χ4v) is 4.28. The molecular weight excluding hydrogens is 347 g/mol. The lowest BCUT2D eigenvalue weighted by molar-refractivity contribution is -0.138. The monoisotopic (exact) mass is 363 g/mol. The van der Waals surface area contributed by atoms with E-state index >= 15 is 0 Å². The van der Waals surface area contributed by atoms with Gasteiger partial charge < -0.3 is 5.32 Å². The summed E-state index contributed by atoms with van der Waals surface area (Å²) in [5.41, 5.74) is 2.59. The first-order valence-electron chi connectivity index (χ1n) is 8.26. The Balaban J connectivity index is 1.87. The maximum atomic E-state index is 13.5. The molecule has 1 aliphatic carbocycles. The highest BCUT2D eigenvalue weighted by Gasteiger charge is 2.42. The van der Waals surface area contributed by atoms with Gasteiger partial charge in [-0.3, -0.25) is 0 Å². The Labute approximate surface area is 149 Å². The Morgan fingerprint density at radius 2 is 1.84 bits per heavy atom. The summed E-state index contributed by atoms with van der Waals surface area (Å²) in [7, 11) is 0. The van der Waals surface area contributed by atoms with Crippen molar-refractivity contribution in [1.29, 1.82) is 0 Å². The Morgan fingerprint density at radius 1 is 1.08 bits per heavy atom. The number of halogens is 4. The van der Waals surface area contributed by atoms with Crippen LogP contribution in [0.4, 0.5) is 18.9 Å². The zero-order chi connectivity index (χ0) is 17.8. The van der Waals surface area contributed by atoms with Gasteiger partial charge in [0, 0.05) is 16.6 Å². The van der Waals surface area contributed by atoms with Gasteiger partial charge in [0.2, 0.25) is 0 Å². The van der Waals surface area contributed by atoms with Gasteiger partial charge in [-0.15, -0.1) is 0 Å². The fourth-order valence-electron chi connectivity index (χ4n) is 4.12. The quantitative estimate of drug-likeness (QED) is 0.571. The number of hydrogen-bond acceptors (Lipinski definition) is 1. The van der Waals surface area contributed by atoms with Crippen LogP contribution in [-0.4, -0.2) is 0 Å². The zero-order valence-electron chi connectivity index (χ0n) is 13.6. The molecule has 1 aliphatic heterocycles. The smallest absolute Gasteiger partial charge is 0.377 e. The predicted molar refractivity (Wildman–Crippen MR) is 94.0 cm³/mol. The molecule has 0 bridgehead atoms. The minimum atomic E-state index is -4.37. The van der Waals surface area contributed by atoms with Crippen molar-refractivity contribution in [3.8, 4) is 0 Å². The number of alkyl halides is 3. The first kappa shape index (κ1) is 16.5. The van der Waals surface area contributed by atoms with E-state index in [1.807, 2.05) is 19.1 Å². The molecule has 1 heterocycles. The van der Waals surface area contributed by atoms with Gasteiger partial charge in [0.1, 0.15) is 0 Å². The third-order valence-corrected chi connectivity index (χ3v) is 5.74. The summed E-state index contributed by atoms with van der Waals surface area (Å²) >= 11 is 6.25. The van der Waals surface area contributed by atoms with Crippen LogP contribution in [-0.2, 0) is 6.18 Å². The van der Waals surface area contributed by atoms with E-state index in [9.17, 15) is 13.2 Å². The van der Waals surface area contributed by atoms with Crippen molar-refractivity contribution in [1.82, 2.24) is 0 Å². The maximum Gasteiger partial charge on any atom is 0.416 e. The number of fused-ring (bicyclic) bond motifs is 3. The summed E-state index contributed by atoms with van der Waals surface area (Å²) in [6.45, 7) is 1.90. The van der Waals surface area contributed by atoms with Crippen molar-refractivity contribution in [2.75, 3.05) is 5.32 Å². The van der Waals surface area contributed by atoms with E-state index < -0.39 is 17.8 Å². The summed E-state index contributed by atoms with van der Waals surface area (Å²) in [4.78, 5) is 0. The van der Waals surface area contributed by atoms with Crippen molar-refractivity contribution in [3.05, 3.63) is 75.8 Å². The molecule has 3 atom stereocenters. The Hall–Kier alpha value is -1.94. The van der Waals surface area contributed by atoms with Gasteiger partial charge in [-0.2, -0.15) is 13.2 Å². The molecule has 0 saturated carbocycles. The largest absolute Gasteiger partial charge is 0.416 e. The minimum Gasteiger partial charge on any atom is -0.377 e. The van der Waals surface area contributed by atoms with Gasteiger partial charge in [-0.05, 0) is 48.1 Å². The molecule has 0 amide bonds. The lowest BCUT2D eigenvalue weighted by Crippen LogP contribution is -2.31. The van der Waals surface area contributed by atoms with Gasteiger partial charge in [-0.1, -0.05) is 48.0 Å². The highest BCUT2D eigenvalue weighted by Crippen LogP contribution is 2.52. The summed E-state index contributed by atoms with van der Waals surface area (Å²) < 4.78 is 40.6. The molecule has 5 heteroatoms. The van der Waals surface area contributed by atoms with Gasteiger partial charge in [0.05, 0.1) is 11.6 Å². The summed E-state index contributed by atoms with van der Waals surface area (Å²) in [5.74, 6) is 0.176. The molecule has 2 aliphatic rings. The normalized spacial score (nSPS) is 24.6. The average molecular weight is 364 g/mol. The summed E-state index contributed by atoms with van der Waals surface area (Å²) in [5, 5.41) is 4.00. The first-order chi connectivity index (χ1) is 11.9. The third-order valence-electron chi connectivity index (χ3n) is 5.33. The highest BCUT2D eigenvalue weighted by atomic mass is 35.5. The number of rotatable bonds is 1. The SMILES string of the molecule is Cc1c(Cl)ccc2c1N[C@H](c1ccccc1C(F)(F)F)[C@H]1CC=C[C@@H]21. The van der Waals surface area contributed by atoms with Crippen LogP contribution in [0.2, 0.25) is 5.02 Å². The van der Waals surface area contributed by atoms with E-state index in [1.165, 1.54) is 6.07 Å². The number of nitrogens with one attached hydrogen (secondary N) is 1. The topological polar surface area (TPSA) is 12.0 Å². The molecule has 0 fully saturated rings. The van der Waals surface area contributed by atoms with E-state index in [2.05, 4.69) is 17.5 Å². The Bertz CT molecular complexity index is 857. The highest BCUT2D eigenvalue weighted by molar-refractivity contribution is 6.31. The van der Waals surface area contributed by atoms with Crippen LogP contribution in [0.1, 0.15) is 40.6 Å². The van der Waals surface area contributed by atoms with E-state index in [0.29, 0.717) is 10.6 Å². The molecular formula is C20H17ClF3N. The number of benzene rings is 2. The van der Waals surface area contributed by atoms with Gasteiger partial charge in [0.25, 0.3) is 0 Å². The Morgan fingerprint density at radius 3 is 2.60 bits per heavy atom. The van der Waals surface area contributed by atoms with Crippen LogP contribution in [0.15, 0.2) is 48.6 Å². The molecule has 2 aromatic rings. The second-order valence-electron chi connectivity index (χ2n) is 6.70. The molecule has 25 heavy (non-hydrogen) atoms. The zero-order valence-corrected chi connectivity index (χ0v) is 14.3. The number of anilines is 1. The molecule has 0 unspecified atom stereocenters. The maximum absolute atomic E-state index is 13.5. The van der Waals surface area contributed by atoms with Crippen LogP contribution in [0, 0.1) is 12.8 Å². The van der Waals surface area contributed by atoms with Crippen LogP contribution in [0.25, 0.3) is 0 Å². The lowest BCUT2D eigenvalue weighted by atomic mass is 9.75. The van der Waals surface area contributed by atoms with Crippen LogP contribution < -0.4 is 5.32 Å². The second kappa shape index (κ2) is 5.80. The fraction of sp³-hybridized carbons (Fsp3) is 0.300. The molecule has 1 nitrogen and oxygen atoms in total. The molecule has 0 aromatic heterocycles. The molecule has 130 valence electrons. The predicted octanol–water partition coefficient (Wildman–Crippen LogP) is 6.49. The van der Waals surface area contributed by atoms with Crippen molar-refractivity contribution in [2.45, 2.75) is 31.5 Å². The van der Waals surface area contributed by atoms with Gasteiger partial charge in [-0.25, -0.2) is 0 Å². The second-order valence-corrected chi connectivity index (χ2v) is 7.10. The average Bonchev–Trinajstić information content (AvgIpc) is 3.06. The molecule has 0 saturated heterocycles. The van der Waals surface area contributed by atoms with Gasteiger partial charge >= 0.3 is 6.18 Å².